The van der Waals surface area contributed by atoms with Crippen molar-refractivity contribution in [1.82, 2.24) is 15.3 Å². The molecule has 2 N–H and O–H groups in total. The van der Waals surface area contributed by atoms with Gasteiger partial charge in [-0.05, 0) is 12.8 Å². The average Bonchev–Trinajstić information content (AvgIpc) is 2.43. The first-order valence-corrected chi connectivity index (χ1v) is 6.92. The topological polar surface area (TPSA) is 93.2 Å². The number of carbonyl (C=O) groups excluding carboxylic acids is 2. The predicted molar refractivity (Wildman–Crippen MR) is 78.4 cm³/mol. The lowest BCUT2D eigenvalue weighted by atomic mass is 10.1. The molecule has 0 spiro atoms. The van der Waals surface area contributed by atoms with E-state index in [0.29, 0.717) is 19.1 Å². The van der Waals surface area contributed by atoms with Crippen molar-refractivity contribution < 1.29 is 14.3 Å². The van der Waals surface area contributed by atoms with Crippen LogP contribution in [-0.2, 0) is 20.9 Å². The van der Waals surface area contributed by atoms with Crippen LogP contribution in [0.3, 0.4) is 0 Å². The smallest absolute Gasteiger partial charge is 0.328 e. The van der Waals surface area contributed by atoms with E-state index in [2.05, 4.69) is 20.6 Å². The van der Waals surface area contributed by atoms with Gasteiger partial charge in [0.2, 0.25) is 11.9 Å². The van der Waals surface area contributed by atoms with E-state index in [1.807, 2.05) is 13.8 Å². The van der Waals surface area contributed by atoms with Gasteiger partial charge in [-0.1, -0.05) is 13.8 Å². The van der Waals surface area contributed by atoms with Crippen LogP contribution in [0.4, 0.5) is 5.95 Å². The highest BCUT2D eigenvalue weighted by molar-refractivity contribution is 5.78. The Morgan fingerprint density at radius 1 is 1.29 bits per heavy atom. The second-order valence-corrected chi connectivity index (χ2v) is 4.94. The molecule has 1 heterocycles. The van der Waals surface area contributed by atoms with Crippen molar-refractivity contribution in [3.8, 4) is 0 Å². The van der Waals surface area contributed by atoms with Gasteiger partial charge in [0, 0.05) is 31.4 Å². The van der Waals surface area contributed by atoms with Crippen LogP contribution in [0, 0.1) is 5.92 Å². The predicted octanol–water partition coefficient (Wildman–Crippen LogP) is 1.11. The molecule has 0 aromatic carbocycles. The third-order valence-corrected chi connectivity index (χ3v) is 2.74. The van der Waals surface area contributed by atoms with Gasteiger partial charge in [-0.15, -0.1) is 0 Å². The highest BCUT2D eigenvalue weighted by Crippen LogP contribution is 2.10. The quantitative estimate of drug-likeness (QED) is 0.732. The van der Waals surface area contributed by atoms with E-state index in [4.69, 9.17) is 4.74 Å². The molecule has 1 atom stereocenters. The molecule has 7 nitrogen and oxygen atoms in total. The zero-order valence-electron chi connectivity index (χ0n) is 12.8. The van der Waals surface area contributed by atoms with Crippen molar-refractivity contribution in [2.75, 3.05) is 11.9 Å². The molecular weight excluding hydrogens is 272 g/mol. The minimum Gasteiger partial charge on any atom is -0.464 e. The van der Waals surface area contributed by atoms with Crippen molar-refractivity contribution in [2.45, 2.75) is 40.3 Å². The molecule has 0 aliphatic heterocycles. The van der Waals surface area contributed by atoms with Crippen LogP contribution in [0.2, 0.25) is 0 Å². The number of esters is 1. The zero-order valence-corrected chi connectivity index (χ0v) is 12.8. The Kier molecular flexibility index (Phi) is 6.58. The lowest BCUT2D eigenvalue weighted by molar-refractivity contribution is -0.145. The van der Waals surface area contributed by atoms with E-state index in [-0.39, 0.29) is 17.8 Å². The van der Waals surface area contributed by atoms with Crippen molar-refractivity contribution in [1.29, 1.82) is 0 Å². The molecule has 7 heteroatoms. The first-order valence-electron chi connectivity index (χ1n) is 6.92. The van der Waals surface area contributed by atoms with Crippen LogP contribution in [0.25, 0.3) is 0 Å². The summed E-state index contributed by atoms with van der Waals surface area (Å²) in [6, 6.07) is -0.494. The molecule has 1 aromatic heterocycles. The normalized spacial score (nSPS) is 11.9. The van der Waals surface area contributed by atoms with E-state index >= 15 is 0 Å². The van der Waals surface area contributed by atoms with E-state index < -0.39 is 6.04 Å². The van der Waals surface area contributed by atoms with Crippen molar-refractivity contribution in [2.24, 2.45) is 5.92 Å². The Morgan fingerprint density at radius 2 is 1.90 bits per heavy atom. The van der Waals surface area contributed by atoms with Crippen LogP contribution < -0.4 is 10.6 Å². The number of carbonyl (C=O) groups is 2. The van der Waals surface area contributed by atoms with E-state index in [1.165, 1.54) is 6.92 Å². The second kappa shape index (κ2) is 8.18. The molecule has 0 saturated heterocycles. The fraction of sp³-hybridized carbons (Fsp3) is 0.571. The summed E-state index contributed by atoms with van der Waals surface area (Å²) in [5.74, 6) is -0.0298. The highest BCUT2D eigenvalue weighted by atomic mass is 16.5. The van der Waals surface area contributed by atoms with Crippen molar-refractivity contribution in [3.05, 3.63) is 18.0 Å². The van der Waals surface area contributed by atoms with Gasteiger partial charge < -0.3 is 15.4 Å². The number of hydrogen-bond donors (Lipinski definition) is 2. The number of amides is 1. The molecule has 21 heavy (non-hydrogen) atoms. The fourth-order valence-electron chi connectivity index (χ4n) is 1.62. The molecular formula is C14H22N4O3. The number of anilines is 1. The molecule has 0 bridgehead atoms. The largest absolute Gasteiger partial charge is 0.464 e. The minimum atomic E-state index is -0.494. The summed E-state index contributed by atoms with van der Waals surface area (Å²) in [5.41, 5.74) is 0.785. The first-order chi connectivity index (χ1) is 9.93. The summed E-state index contributed by atoms with van der Waals surface area (Å²) in [4.78, 5) is 31.0. The van der Waals surface area contributed by atoms with Crippen LogP contribution >= 0.6 is 0 Å². The number of nitrogens with one attached hydrogen (secondary N) is 2. The molecule has 0 unspecified atom stereocenters. The van der Waals surface area contributed by atoms with Gasteiger partial charge in [0.05, 0.1) is 6.61 Å². The van der Waals surface area contributed by atoms with Gasteiger partial charge in [-0.3, -0.25) is 4.79 Å². The molecule has 0 aliphatic carbocycles. The fourth-order valence-corrected chi connectivity index (χ4v) is 1.62. The number of nitrogens with zero attached hydrogens (tertiary/aromatic N) is 2. The van der Waals surface area contributed by atoms with E-state index in [0.717, 1.165) is 5.56 Å². The number of aromatic nitrogens is 2. The summed E-state index contributed by atoms with van der Waals surface area (Å²) in [5, 5.41) is 5.63. The van der Waals surface area contributed by atoms with Gasteiger partial charge in [0.1, 0.15) is 6.04 Å². The lowest BCUT2D eigenvalue weighted by Gasteiger charge is -2.20. The number of rotatable bonds is 7. The SMILES string of the molecule is CCOC(=O)[C@H](Nc1ncc(CNC(C)=O)cn1)C(C)C. The maximum atomic E-state index is 11.8. The monoisotopic (exact) mass is 294 g/mol. The van der Waals surface area contributed by atoms with Crippen LogP contribution in [-0.4, -0.2) is 34.5 Å². The van der Waals surface area contributed by atoms with Crippen LogP contribution in [0.15, 0.2) is 12.4 Å². The van der Waals surface area contributed by atoms with Gasteiger partial charge in [-0.25, -0.2) is 14.8 Å². The van der Waals surface area contributed by atoms with Crippen LogP contribution in [0.1, 0.15) is 33.3 Å². The summed E-state index contributed by atoms with van der Waals surface area (Å²) in [7, 11) is 0. The Bertz CT molecular complexity index is 474. The Balaban J connectivity index is 2.67. The summed E-state index contributed by atoms with van der Waals surface area (Å²) in [6.45, 7) is 7.76. The highest BCUT2D eigenvalue weighted by Gasteiger charge is 2.24. The Morgan fingerprint density at radius 3 is 2.38 bits per heavy atom. The van der Waals surface area contributed by atoms with Gasteiger partial charge in [-0.2, -0.15) is 0 Å². The third-order valence-electron chi connectivity index (χ3n) is 2.74. The van der Waals surface area contributed by atoms with Gasteiger partial charge >= 0.3 is 5.97 Å². The molecule has 116 valence electrons. The van der Waals surface area contributed by atoms with E-state index in [9.17, 15) is 9.59 Å². The zero-order chi connectivity index (χ0) is 15.8. The molecule has 1 amide bonds. The number of hydrogen-bond acceptors (Lipinski definition) is 6. The molecule has 0 saturated carbocycles. The van der Waals surface area contributed by atoms with Gasteiger partial charge in [0.25, 0.3) is 0 Å². The molecule has 1 rings (SSSR count). The standard InChI is InChI=1S/C14H22N4O3/c1-5-21-13(20)12(9(2)3)18-14-16-7-11(8-17-14)6-15-10(4)19/h7-9,12H,5-6H2,1-4H3,(H,15,19)(H,16,17,18)/t12-/m1/s1. The number of ether oxygens (including phenoxy) is 1. The summed E-state index contributed by atoms with van der Waals surface area (Å²) in [6.07, 6.45) is 3.21. The summed E-state index contributed by atoms with van der Waals surface area (Å²) >= 11 is 0. The first kappa shape index (κ1) is 16.9. The van der Waals surface area contributed by atoms with E-state index in [1.54, 1.807) is 19.3 Å². The van der Waals surface area contributed by atoms with Crippen LogP contribution in [0.5, 0.6) is 0 Å². The van der Waals surface area contributed by atoms with Gasteiger partial charge in [0.15, 0.2) is 0 Å². The average molecular weight is 294 g/mol. The minimum absolute atomic E-state index is 0.0479. The second-order valence-electron chi connectivity index (χ2n) is 4.94. The maximum Gasteiger partial charge on any atom is 0.328 e. The molecule has 1 aromatic rings. The Labute approximate surface area is 124 Å². The lowest BCUT2D eigenvalue weighted by Crippen LogP contribution is -2.36. The molecule has 0 aliphatic rings. The Hall–Kier alpha value is -2.18. The third kappa shape index (κ3) is 5.76. The summed E-state index contributed by atoms with van der Waals surface area (Å²) < 4.78 is 5.02. The van der Waals surface area contributed by atoms with Crippen molar-refractivity contribution >= 4 is 17.8 Å². The maximum absolute atomic E-state index is 11.8. The molecule has 0 fully saturated rings. The van der Waals surface area contributed by atoms with Crippen molar-refractivity contribution in [3.63, 3.8) is 0 Å². The molecule has 0 radical (unpaired) electrons.